The molecule has 0 aromatic heterocycles. The molecule has 0 spiro atoms. The number of benzene rings is 3. The fraction of sp³-hybridized carbons (Fsp3) is 0.379. The van der Waals surface area contributed by atoms with Crippen LogP contribution in [0.15, 0.2) is 75.4 Å². The Balaban J connectivity index is 2.23. The number of phenolic OH excluding ortho intramolecular Hbond substituents is 1. The van der Waals surface area contributed by atoms with Gasteiger partial charge >= 0.3 is 0 Å². The van der Waals surface area contributed by atoms with Gasteiger partial charge in [-0.3, -0.25) is 10.1 Å². The third-order valence-electron chi connectivity index (χ3n) is 6.41. The number of azo groups is 1. The summed E-state index contributed by atoms with van der Waals surface area (Å²) in [7, 11) is 0. The van der Waals surface area contributed by atoms with E-state index in [9.17, 15) is 15.2 Å². The van der Waals surface area contributed by atoms with E-state index in [1.165, 1.54) is 12.1 Å². The molecule has 0 radical (unpaired) electrons. The highest BCUT2D eigenvalue weighted by Crippen LogP contribution is 2.47. The van der Waals surface area contributed by atoms with Crippen LogP contribution in [-0.4, -0.2) is 10.0 Å². The van der Waals surface area contributed by atoms with E-state index in [2.05, 4.69) is 80.7 Å². The smallest absolute Gasteiger partial charge is 0.297 e. The zero-order valence-electron chi connectivity index (χ0n) is 22.0. The molecule has 0 amide bonds. The van der Waals surface area contributed by atoms with E-state index in [0.717, 1.165) is 23.1 Å². The quantitative estimate of drug-likeness (QED) is 0.180. The number of phenols is 1. The van der Waals surface area contributed by atoms with Crippen LogP contribution in [0.4, 0.5) is 17.1 Å². The Hall–Kier alpha value is -3.06. The monoisotopic (exact) mass is 551 g/mol. The standard InChI is InChI=1S/C29H34BrN3O3/c1-27(2,3)18-28(4,5)20-15-22(29(6,7)19-11-9-8-10-12-19)26(34)24(16-20)32-31-23-14-13-21(30)17-25(23)33(35)36/h8-17,34H,18H2,1-7H3. The molecule has 0 aliphatic heterocycles. The van der Waals surface area contributed by atoms with Gasteiger partial charge in [0.15, 0.2) is 5.69 Å². The number of rotatable bonds is 7. The van der Waals surface area contributed by atoms with Gasteiger partial charge in [0.05, 0.1) is 4.92 Å². The molecule has 1 N–H and O–H groups in total. The molecule has 0 aliphatic rings. The summed E-state index contributed by atoms with van der Waals surface area (Å²) < 4.78 is 0.578. The van der Waals surface area contributed by atoms with Crippen molar-refractivity contribution in [2.45, 2.75) is 65.7 Å². The molecular formula is C29H34BrN3O3. The van der Waals surface area contributed by atoms with E-state index in [1.54, 1.807) is 6.07 Å². The number of aromatic hydroxyl groups is 1. The molecule has 6 nitrogen and oxygen atoms in total. The van der Waals surface area contributed by atoms with Crippen molar-refractivity contribution in [1.82, 2.24) is 0 Å². The molecule has 0 heterocycles. The summed E-state index contributed by atoms with van der Waals surface area (Å²) in [5.41, 5.74) is 2.38. The first kappa shape index (κ1) is 27.5. The fourth-order valence-corrected chi connectivity index (χ4v) is 5.18. The van der Waals surface area contributed by atoms with Crippen molar-refractivity contribution in [3.8, 4) is 5.75 Å². The van der Waals surface area contributed by atoms with Crippen LogP contribution >= 0.6 is 15.9 Å². The molecular weight excluding hydrogens is 518 g/mol. The van der Waals surface area contributed by atoms with Crippen LogP contribution in [0.2, 0.25) is 0 Å². The van der Waals surface area contributed by atoms with Crippen LogP contribution in [0, 0.1) is 15.5 Å². The average Bonchev–Trinajstić information content (AvgIpc) is 2.77. The number of hydrogen-bond donors (Lipinski definition) is 1. The second-order valence-corrected chi connectivity index (χ2v) is 12.5. The molecule has 7 heteroatoms. The summed E-state index contributed by atoms with van der Waals surface area (Å²) in [6.07, 6.45) is 0.907. The molecule has 0 saturated heterocycles. The summed E-state index contributed by atoms with van der Waals surface area (Å²) in [6.45, 7) is 15.1. The van der Waals surface area contributed by atoms with Gasteiger partial charge in [-0.1, -0.05) is 101 Å². The molecule has 0 saturated carbocycles. The molecule has 0 aliphatic carbocycles. The maximum atomic E-state index is 11.5. The van der Waals surface area contributed by atoms with Gasteiger partial charge in [0.1, 0.15) is 11.4 Å². The predicted molar refractivity (Wildman–Crippen MR) is 149 cm³/mol. The van der Waals surface area contributed by atoms with Gasteiger partial charge < -0.3 is 5.11 Å². The lowest BCUT2D eigenvalue weighted by atomic mass is 9.70. The number of nitro benzene ring substituents is 1. The molecule has 0 unspecified atom stereocenters. The largest absolute Gasteiger partial charge is 0.505 e. The molecule has 3 rings (SSSR count). The second-order valence-electron chi connectivity index (χ2n) is 11.6. The molecule has 190 valence electrons. The van der Waals surface area contributed by atoms with E-state index >= 15 is 0 Å². The summed E-state index contributed by atoms with van der Waals surface area (Å²) in [4.78, 5) is 11.1. The van der Waals surface area contributed by atoms with Gasteiger partial charge in [0.25, 0.3) is 5.69 Å². The van der Waals surface area contributed by atoms with Crippen LogP contribution in [-0.2, 0) is 10.8 Å². The van der Waals surface area contributed by atoms with Crippen molar-refractivity contribution >= 4 is 33.0 Å². The first-order chi connectivity index (χ1) is 16.6. The van der Waals surface area contributed by atoms with E-state index < -0.39 is 10.3 Å². The van der Waals surface area contributed by atoms with Crippen molar-refractivity contribution in [1.29, 1.82) is 0 Å². The summed E-state index contributed by atoms with van der Waals surface area (Å²) >= 11 is 3.26. The third kappa shape index (κ3) is 6.19. The van der Waals surface area contributed by atoms with Crippen molar-refractivity contribution in [3.05, 3.63) is 91.9 Å². The molecule has 3 aromatic carbocycles. The molecule has 36 heavy (non-hydrogen) atoms. The lowest BCUT2D eigenvalue weighted by molar-refractivity contribution is -0.384. The summed E-state index contributed by atoms with van der Waals surface area (Å²) in [6, 6.07) is 18.5. The molecule has 3 aromatic rings. The first-order valence-electron chi connectivity index (χ1n) is 11.9. The van der Waals surface area contributed by atoms with Crippen molar-refractivity contribution < 1.29 is 10.0 Å². The lowest BCUT2D eigenvalue weighted by Crippen LogP contribution is -2.26. The third-order valence-corrected chi connectivity index (χ3v) is 6.91. The number of hydrogen-bond acceptors (Lipinski definition) is 5. The second kappa shape index (κ2) is 10.1. The highest BCUT2D eigenvalue weighted by atomic mass is 79.9. The van der Waals surface area contributed by atoms with Crippen LogP contribution in [0.5, 0.6) is 5.75 Å². The van der Waals surface area contributed by atoms with Crippen LogP contribution < -0.4 is 0 Å². The Morgan fingerprint density at radius 1 is 0.861 bits per heavy atom. The zero-order valence-corrected chi connectivity index (χ0v) is 23.5. The summed E-state index contributed by atoms with van der Waals surface area (Å²) in [5.74, 6) is 0.0164. The minimum Gasteiger partial charge on any atom is -0.505 e. The molecule has 0 fully saturated rings. The fourth-order valence-electron chi connectivity index (χ4n) is 4.84. The minimum absolute atomic E-state index is 0.0164. The Kier molecular flexibility index (Phi) is 7.75. The number of halogens is 1. The highest BCUT2D eigenvalue weighted by molar-refractivity contribution is 9.10. The lowest BCUT2D eigenvalue weighted by Gasteiger charge is -2.35. The first-order valence-corrected chi connectivity index (χ1v) is 12.7. The van der Waals surface area contributed by atoms with E-state index in [4.69, 9.17) is 0 Å². The molecule has 0 atom stereocenters. The summed E-state index contributed by atoms with van der Waals surface area (Å²) in [5, 5.41) is 31.5. The van der Waals surface area contributed by atoms with Gasteiger partial charge in [-0.05, 0) is 46.6 Å². The van der Waals surface area contributed by atoms with Gasteiger partial charge in [-0.25, -0.2) is 0 Å². The number of nitrogens with zero attached hydrogens (tertiary/aromatic N) is 3. The zero-order chi connectivity index (χ0) is 26.9. The van der Waals surface area contributed by atoms with Crippen molar-refractivity contribution in [3.63, 3.8) is 0 Å². The maximum Gasteiger partial charge on any atom is 0.297 e. The van der Waals surface area contributed by atoms with Gasteiger partial charge in [0.2, 0.25) is 0 Å². The van der Waals surface area contributed by atoms with Crippen LogP contribution in [0.3, 0.4) is 0 Å². The Morgan fingerprint density at radius 2 is 1.47 bits per heavy atom. The van der Waals surface area contributed by atoms with Gasteiger partial charge in [0, 0.05) is 21.5 Å². The van der Waals surface area contributed by atoms with E-state index in [1.807, 2.05) is 36.4 Å². The SMILES string of the molecule is CC(C)(C)CC(C)(C)c1cc(N=Nc2ccc(Br)cc2[N+](=O)[O-])c(O)c(C(C)(C)c2ccccc2)c1. The average molecular weight is 553 g/mol. The topological polar surface area (TPSA) is 88.1 Å². The normalized spacial score (nSPS) is 12.8. The van der Waals surface area contributed by atoms with Crippen LogP contribution in [0.1, 0.15) is 71.6 Å². The molecule has 0 bridgehead atoms. The maximum absolute atomic E-state index is 11.5. The predicted octanol–water partition coefficient (Wildman–Crippen LogP) is 9.52. The van der Waals surface area contributed by atoms with E-state index in [-0.39, 0.29) is 33.6 Å². The van der Waals surface area contributed by atoms with Crippen LogP contribution in [0.25, 0.3) is 0 Å². The van der Waals surface area contributed by atoms with Gasteiger partial charge in [-0.15, -0.1) is 10.2 Å². The van der Waals surface area contributed by atoms with Gasteiger partial charge in [-0.2, -0.15) is 0 Å². The highest BCUT2D eigenvalue weighted by Gasteiger charge is 2.33. The Labute approximate surface area is 221 Å². The minimum atomic E-state index is -0.521. The van der Waals surface area contributed by atoms with Crippen molar-refractivity contribution in [2.75, 3.05) is 0 Å². The van der Waals surface area contributed by atoms with Crippen molar-refractivity contribution in [2.24, 2.45) is 15.6 Å². The Bertz CT molecular complexity index is 1290. The number of nitro groups is 1. The Morgan fingerprint density at radius 3 is 2.06 bits per heavy atom. The van der Waals surface area contributed by atoms with E-state index in [0.29, 0.717) is 4.47 Å².